The highest BCUT2D eigenvalue weighted by Gasteiger charge is 2.63. The van der Waals surface area contributed by atoms with Crippen LogP contribution in [-0.4, -0.2) is 25.7 Å². The molecule has 5 heteroatoms. The van der Waals surface area contributed by atoms with Gasteiger partial charge in [0.25, 0.3) is 0 Å². The largest absolute Gasteiger partial charge is 0.464 e. The minimum Gasteiger partial charge on any atom is -0.464 e. The highest BCUT2D eigenvalue weighted by Crippen LogP contribution is 2.49. The van der Waals surface area contributed by atoms with Crippen LogP contribution >= 0.6 is 0 Å². The van der Waals surface area contributed by atoms with Gasteiger partial charge < -0.3 is 4.74 Å². The summed E-state index contributed by atoms with van der Waals surface area (Å²) in [4.78, 5) is 12.2. The van der Waals surface area contributed by atoms with Crippen molar-refractivity contribution in [1.82, 2.24) is 0 Å². The van der Waals surface area contributed by atoms with Crippen LogP contribution in [0.4, 0.5) is 0 Å². The van der Waals surface area contributed by atoms with Crippen molar-refractivity contribution in [3.05, 3.63) is 30.3 Å². The number of carbonyl (C=O) groups is 1. The van der Waals surface area contributed by atoms with Gasteiger partial charge in [0, 0.05) is 5.92 Å². The molecule has 0 amide bonds. The lowest BCUT2D eigenvalue weighted by Crippen LogP contribution is -2.45. The van der Waals surface area contributed by atoms with E-state index in [1.165, 1.54) is 0 Å². The molecule has 1 aliphatic heterocycles. The van der Waals surface area contributed by atoms with Crippen molar-refractivity contribution in [1.29, 1.82) is 0 Å². The predicted molar refractivity (Wildman–Crippen MR) is 64.7 cm³/mol. The van der Waals surface area contributed by atoms with E-state index in [0.29, 0.717) is 6.42 Å². The molecule has 4 nitrogen and oxygen atoms in total. The van der Waals surface area contributed by atoms with Crippen LogP contribution in [0.3, 0.4) is 0 Å². The van der Waals surface area contributed by atoms with Gasteiger partial charge in [0.2, 0.25) is 0 Å². The number of sulfone groups is 1. The molecule has 2 atom stereocenters. The Hall–Kier alpha value is -1.36. The summed E-state index contributed by atoms with van der Waals surface area (Å²) >= 11 is 0. The molecule has 1 aliphatic carbocycles. The lowest BCUT2D eigenvalue weighted by molar-refractivity contribution is -0.140. The standard InChI is InChI=1S/C13H14O4S/c14-12-13(8-4-5-10(13)9-17-12)18(15,16)11-6-2-1-3-7-11/h1-3,6-7,10H,4-5,8-9H2. The SMILES string of the molecule is O=C1OCC2CCCC12S(=O)(=O)c1ccccc1. The van der Waals surface area contributed by atoms with E-state index in [2.05, 4.69) is 0 Å². The summed E-state index contributed by atoms with van der Waals surface area (Å²) in [5.74, 6) is -0.746. The van der Waals surface area contributed by atoms with E-state index in [1.807, 2.05) is 0 Å². The van der Waals surface area contributed by atoms with Crippen LogP contribution in [0.15, 0.2) is 35.2 Å². The van der Waals surface area contributed by atoms with Gasteiger partial charge in [-0.1, -0.05) is 24.6 Å². The Morgan fingerprint density at radius 1 is 1.22 bits per heavy atom. The maximum Gasteiger partial charge on any atom is 0.328 e. The lowest BCUT2D eigenvalue weighted by atomic mass is 9.99. The van der Waals surface area contributed by atoms with E-state index in [0.717, 1.165) is 12.8 Å². The van der Waals surface area contributed by atoms with Crippen molar-refractivity contribution in [3.63, 3.8) is 0 Å². The number of hydrogen-bond acceptors (Lipinski definition) is 4. The van der Waals surface area contributed by atoms with E-state index in [-0.39, 0.29) is 17.4 Å². The summed E-state index contributed by atoms with van der Waals surface area (Å²) in [7, 11) is -3.66. The highest BCUT2D eigenvalue weighted by molar-refractivity contribution is 7.93. The van der Waals surface area contributed by atoms with E-state index in [9.17, 15) is 13.2 Å². The van der Waals surface area contributed by atoms with Crippen molar-refractivity contribution in [2.75, 3.05) is 6.61 Å². The number of ether oxygens (including phenoxy) is 1. The molecule has 2 fully saturated rings. The van der Waals surface area contributed by atoms with Crippen LogP contribution in [0.2, 0.25) is 0 Å². The molecule has 1 aromatic carbocycles. The third-order valence-corrected chi connectivity index (χ3v) is 6.61. The third kappa shape index (κ3) is 1.31. The number of carbonyl (C=O) groups excluding carboxylic acids is 1. The Morgan fingerprint density at radius 3 is 2.67 bits per heavy atom. The highest BCUT2D eigenvalue weighted by atomic mass is 32.2. The lowest BCUT2D eigenvalue weighted by Gasteiger charge is -2.24. The molecule has 2 aliphatic rings. The van der Waals surface area contributed by atoms with Gasteiger partial charge in [-0.2, -0.15) is 0 Å². The predicted octanol–water partition coefficient (Wildman–Crippen LogP) is 1.56. The molecule has 0 N–H and O–H groups in total. The van der Waals surface area contributed by atoms with Gasteiger partial charge in [-0.3, -0.25) is 4.79 Å². The Kier molecular flexibility index (Phi) is 2.48. The molecule has 1 saturated heterocycles. The normalized spacial score (nSPS) is 31.1. The Bertz CT molecular complexity index is 578. The molecule has 96 valence electrons. The quantitative estimate of drug-likeness (QED) is 0.762. The summed E-state index contributed by atoms with van der Waals surface area (Å²) in [5.41, 5.74) is 0. The van der Waals surface area contributed by atoms with Gasteiger partial charge in [0.15, 0.2) is 14.6 Å². The molecule has 1 heterocycles. The first kappa shape index (κ1) is 11.7. The first-order valence-electron chi connectivity index (χ1n) is 6.06. The molecule has 0 spiro atoms. The number of benzene rings is 1. The Balaban J connectivity index is 2.16. The van der Waals surface area contributed by atoms with Gasteiger partial charge in [0.05, 0.1) is 11.5 Å². The zero-order valence-corrected chi connectivity index (χ0v) is 10.7. The third-order valence-electron chi connectivity index (χ3n) is 4.05. The zero-order valence-electron chi connectivity index (χ0n) is 9.83. The molecule has 0 aromatic heterocycles. The minimum absolute atomic E-state index is 0.185. The topological polar surface area (TPSA) is 60.4 Å². The average molecular weight is 266 g/mol. The van der Waals surface area contributed by atoms with Crippen LogP contribution in [0.25, 0.3) is 0 Å². The van der Waals surface area contributed by atoms with Crippen LogP contribution < -0.4 is 0 Å². The van der Waals surface area contributed by atoms with Gasteiger partial charge in [-0.05, 0) is 25.0 Å². The second-order valence-electron chi connectivity index (χ2n) is 4.89. The minimum atomic E-state index is -3.66. The number of esters is 1. The molecule has 3 rings (SSSR count). The maximum atomic E-state index is 12.7. The van der Waals surface area contributed by atoms with Crippen LogP contribution in [0, 0.1) is 5.92 Å². The van der Waals surface area contributed by atoms with Crippen LogP contribution in [0.5, 0.6) is 0 Å². The molecular weight excluding hydrogens is 252 g/mol. The second kappa shape index (κ2) is 3.82. The molecule has 1 aromatic rings. The molecule has 0 bridgehead atoms. The summed E-state index contributed by atoms with van der Waals surface area (Å²) in [5, 5.41) is 0. The Labute approximate surface area is 106 Å². The molecule has 1 saturated carbocycles. The molecule has 2 unspecified atom stereocenters. The van der Waals surface area contributed by atoms with Crippen molar-refractivity contribution < 1.29 is 17.9 Å². The number of fused-ring (bicyclic) bond motifs is 1. The molecule has 18 heavy (non-hydrogen) atoms. The van der Waals surface area contributed by atoms with E-state index in [1.54, 1.807) is 30.3 Å². The van der Waals surface area contributed by atoms with Crippen LogP contribution in [0.1, 0.15) is 19.3 Å². The fourth-order valence-corrected chi connectivity index (χ4v) is 5.36. The zero-order chi connectivity index (χ0) is 12.8. The summed E-state index contributed by atoms with van der Waals surface area (Å²) < 4.78 is 29.2. The average Bonchev–Trinajstić information content (AvgIpc) is 2.93. The smallest absolute Gasteiger partial charge is 0.328 e. The van der Waals surface area contributed by atoms with Gasteiger partial charge in [-0.25, -0.2) is 8.42 Å². The van der Waals surface area contributed by atoms with Crippen molar-refractivity contribution in [2.24, 2.45) is 5.92 Å². The molecular formula is C13H14O4S. The summed E-state index contributed by atoms with van der Waals surface area (Å²) in [6.45, 7) is 0.241. The summed E-state index contributed by atoms with van der Waals surface area (Å²) in [6, 6.07) is 8.20. The maximum absolute atomic E-state index is 12.7. The Morgan fingerprint density at radius 2 is 1.94 bits per heavy atom. The summed E-state index contributed by atoms with van der Waals surface area (Å²) in [6.07, 6.45) is 1.90. The number of cyclic esters (lactones) is 1. The monoisotopic (exact) mass is 266 g/mol. The van der Waals surface area contributed by atoms with Crippen molar-refractivity contribution >= 4 is 15.8 Å². The van der Waals surface area contributed by atoms with E-state index in [4.69, 9.17) is 4.74 Å². The van der Waals surface area contributed by atoms with E-state index < -0.39 is 20.6 Å². The fraction of sp³-hybridized carbons (Fsp3) is 0.462. The first-order chi connectivity index (χ1) is 8.59. The number of rotatable bonds is 2. The molecule has 0 radical (unpaired) electrons. The van der Waals surface area contributed by atoms with Gasteiger partial charge in [0.1, 0.15) is 0 Å². The van der Waals surface area contributed by atoms with Gasteiger partial charge in [-0.15, -0.1) is 0 Å². The first-order valence-corrected chi connectivity index (χ1v) is 7.54. The fourth-order valence-electron chi connectivity index (χ4n) is 3.11. The number of hydrogen-bond donors (Lipinski definition) is 0. The second-order valence-corrected chi connectivity index (χ2v) is 7.10. The van der Waals surface area contributed by atoms with Crippen LogP contribution in [-0.2, 0) is 19.4 Å². The van der Waals surface area contributed by atoms with Gasteiger partial charge >= 0.3 is 5.97 Å². The van der Waals surface area contributed by atoms with Crippen molar-refractivity contribution in [2.45, 2.75) is 28.9 Å². The van der Waals surface area contributed by atoms with E-state index >= 15 is 0 Å². The van der Waals surface area contributed by atoms with Crippen molar-refractivity contribution in [3.8, 4) is 0 Å².